The summed E-state index contributed by atoms with van der Waals surface area (Å²) in [6, 6.07) is 26.5. The predicted molar refractivity (Wildman–Crippen MR) is 149 cm³/mol. The van der Waals surface area contributed by atoms with Crippen LogP contribution in [0.4, 0.5) is 11.4 Å². The molecular weight excluding hydrogens is 452 g/mol. The second kappa shape index (κ2) is 15.1. The highest BCUT2D eigenvalue weighted by Crippen LogP contribution is 2.25. The second-order valence-electron chi connectivity index (χ2n) is 8.56. The average molecular weight is 491 g/mol. The van der Waals surface area contributed by atoms with Crippen LogP contribution >= 0.6 is 11.8 Å². The lowest BCUT2D eigenvalue weighted by Crippen LogP contribution is -2.46. The first-order chi connectivity index (χ1) is 17.2. The predicted octanol–water partition coefficient (Wildman–Crippen LogP) is 6.23. The van der Waals surface area contributed by atoms with Crippen LogP contribution in [-0.2, 0) is 4.79 Å². The van der Waals surface area contributed by atoms with Gasteiger partial charge < -0.3 is 15.1 Å². The van der Waals surface area contributed by atoms with E-state index < -0.39 is 0 Å². The molecule has 0 aliphatic carbocycles. The number of carbonyl (C=O) groups is 1. The van der Waals surface area contributed by atoms with Crippen molar-refractivity contribution in [1.29, 1.82) is 0 Å². The summed E-state index contributed by atoms with van der Waals surface area (Å²) in [6.07, 6.45) is 6.16. The fourth-order valence-electron chi connectivity index (χ4n) is 3.82. The Balaban J connectivity index is 1.76. The Hall–Kier alpha value is -2.99. The third kappa shape index (κ3) is 8.95. The van der Waals surface area contributed by atoms with Crippen LogP contribution in [-0.4, -0.2) is 42.4 Å². The van der Waals surface area contributed by atoms with E-state index in [2.05, 4.69) is 70.3 Å². The molecule has 0 radical (unpaired) electrons. The van der Waals surface area contributed by atoms with Gasteiger partial charge in [-0.05, 0) is 49.2 Å². The number of thioether (sulfide) groups is 1. The van der Waals surface area contributed by atoms with Crippen molar-refractivity contribution in [3.63, 3.8) is 0 Å². The van der Waals surface area contributed by atoms with Crippen molar-refractivity contribution in [1.82, 2.24) is 10.3 Å². The molecule has 1 aromatic heterocycles. The molecule has 2 aromatic carbocycles. The Morgan fingerprint density at radius 3 is 1.97 bits per heavy atom. The summed E-state index contributed by atoms with van der Waals surface area (Å²) in [4.78, 5) is 22.6. The number of para-hydroxylation sites is 2. The highest BCUT2D eigenvalue weighted by molar-refractivity contribution is 8.00. The molecule has 3 aromatic rings. The molecule has 3 rings (SSSR count). The molecule has 186 valence electrons. The molecule has 0 aliphatic heterocycles. The molecule has 0 spiro atoms. The molecule has 35 heavy (non-hydrogen) atoms. The number of hydrogen-bond acceptors (Lipinski definition) is 5. The smallest absolute Gasteiger partial charge is 0.236 e. The number of rotatable bonds is 15. The topological polar surface area (TPSA) is 48.5 Å². The third-order valence-corrected chi connectivity index (χ3v) is 6.96. The summed E-state index contributed by atoms with van der Waals surface area (Å²) in [7, 11) is 0. The monoisotopic (exact) mass is 490 g/mol. The SMILES string of the molecule is CCCCN(CNC(=O)C(CN(CCCC)c1ccccc1)Sc1ccccn1)c1ccccc1. The van der Waals surface area contributed by atoms with Gasteiger partial charge in [-0.25, -0.2) is 4.98 Å². The number of carbonyl (C=O) groups excluding carboxylic acids is 1. The van der Waals surface area contributed by atoms with Crippen LogP contribution in [0.1, 0.15) is 39.5 Å². The molecular formula is C29H38N4OS. The molecule has 0 saturated carbocycles. The van der Waals surface area contributed by atoms with Crippen molar-refractivity contribution in [2.75, 3.05) is 36.1 Å². The lowest BCUT2D eigenvalue weighted by molar-refractivity contribution is -0.120. The summed E-state index contributed by atoms with van der Waals surface area (Å²) in [5.41, 5.74) is 2.28. The lowest BCUT2D eigenvalue weighted by Gasteiger charge is -2.30. The van der Waals surface area contributed by atoms with Crippen molar-refractivity contribution in [2.24, 2.45) is 0 Å². The minimum Gasteiger partial charge on any atom is -0.370 e. The van der Waals surface area contributed by atoms with Crippen molar-refractivity contribution < 1.29 is 4.79 Å². The van der Waals surface area contributed by atoms with E-state index in [4.69, 9.17) is 0 Å². The summed E-state index contributed by atoms with van der Waals surface area (Å²) in [6.45, 7) is 7.32. The highest BCUT2D eigenvalue weighted by Gasteiger charge is 2.24. The molecule has 5 nitrogen and oxygen atoms in total. The Labute approximate surface area is 214 Å². The van der Waals surface area contributed by atoms with Crippen molar-refractivity contribution >= 4 is 29.0 Å². The summed E-state index contributed by atoms with van der Waals surface area (Å²) in [5, 5.41) is 3.81. The van der Waals surface area contributed by atoms with Crippen molar-refractivity contribution in [2.45, 2.75) is 49.8 Å². The summed E-state index contributed by atoms with van der Waals surface area (Å²) >= 11 is 1.54. The number of unbranched alkanes of at least 4 members (excludes halogenated alkanes) is 2. The van der Waals surface area contributed by atoms with Gasteiger partial charge in [-0.3, -0.25) is 4.79 Å². The van der Waals surface area contributed by atoms with Gasteiger partial charge >= 0.3 is 0 Å². The van der Waals surface area contributed by atoms with Gasteiger partial charge in [0, 0.05) is 37.2 Å². The van der Waals surface area contributed by atoms with Gasteiger partial charge in [0.25, 0.3) is 0 Å². The molecule has 1 atom stereocenters. The summed E-state index contributed by atoms with van der Waals surface area (Å²) in [5.74, 6) is 0.0375. The van der Waals surface area contributed by atoms with E-state index in [0.717, 1.165) is 55.2 Å². The van der Waals surface area contributed by atoms with Gasteiger partial charge in [-0.2, -0.15) is 0 Å². The number of benzene rings is 2. The number of hydrogen-bond donors (Lipinski definition) is 1. The molecule has 0 bridgehead atoms. The molecule has 1 heterocycles. The van der Waals surface area contributed by atoms with Crippen molar-refractivity contribution in [3.05, 3.63) is 85.1 Å². The maximum absolute atomic E-state index is 13.6. The second-order valence-corrected chi connectivity index (χ2v) is 9.78. The minimum atomic E-state index is -0.286. The van der Waals surface area contributed by atoms with E-state index in [1.54, 1.807) is 6.20 Å². The van der Waals surface area contributed by atoms with Crippen LogP contribution in [0.15, 0.2) is 90.1 Å². The fraction of sp³-hybridized carbons (Fsp3) is 0.379. The number of nitrogens with one attached hydrogen (secondary N) is 1. The van der Waals surface area contributed by atoms with Crippen LogP contribution in [0, 0.1) is 0 Å². The molecule has 0 fully saturated rings. The Morgan fingerprint density at radius 1 is 0.829 bits per heavy atom. The van der Waals surface area contributed by atoms with E-state index in [1.807, 2.05) is 42.5 Å². The quantitative estimate of drug-likeness (QED) is 0.202. The molecule has 0 aliphatic rings. The van der Waals surface area contributed by atoms with E-state index in [9.17, 15) is 4.79 Å². The number of pyridine rings is 1. The Morgan fingerprint density at radius 2 is 1.40 bits per heavy atom. The number of anilines is 2. The highest BCUT2D eigenvalue weighted by atomic mass is 32.2. The fourth-order valence-corrected chi connectivity index (χ4v) is 4.84. The van der Waals surface area contributed by atoms with Crippen LogP contribution < -0.4 is 15.1 Å². The van der Waals surface area contributed by atoms with Gasteiger partial charge in [0.15, 0.2) is 0 Å². The Kier molecular flexibility index (Phi) is 11.5. The lowest BCUT2D eigenvalue weighted by atomic mass is 10.2. The standard InChI is InChI=1S/C29H38N4OS/c1-3-5-21-32(25-15-9-7-10-16-25)23-27(35-28-19-13-14-20-30-28)29(34)31-24-33(22-6-4-2)26-17-11-8-12-18-26/h7-20,27H,3-6,21-24H2,1-2H3,(H,31,34). The molecule has 1 N–H and O–H groups in total. The normalized spacial score (nSPS) is 11.6. The van der Waals surface area contributed by atoms with Crippen LogP contribution in [0.5, 0.6) is 0 Å². The van der Waals surface area contributed by atoms with Crippen LogP contribution in [0.2, 0.25) is 0 Å². The first-order valence-corrected chi connectivity index (χ1v) is 13.5. The maximum atomic E-state index is 13.6. The molecule has 1 unspecified atom stereocenters. The molecule has 0 saturated heterocycles. The van der Waals surface area contributed by atoms with Crippen LogP contribution in [0.3, 0.4) is 0 Å². The van der Waals surface area contributed by atoms with Crippen molar-refractivity contribution in [3.8, 4) is 0 Å². The summed E-state index contributed by atoms with van der Waals surface area (Å²) < 4.78 is 0. The largest absolute Gasteiger partial charge is 0.370 e. The first kappa shape index (κ1) is 26.6. The van der Waals surface area contributed by atoms with E-state index >= 15 is 0 Å². The van der Waals surface area contributed by atoms with Gasteiger partial charge in [0.2, 0.25) is 5.91 Å². The number of aromatic nitrogens is 1. The van der Waals surface area contributed by atoms with E-state index in [0.29, 0.717) is 13.2 Å². The first-order valence-electron chi connectivity index (χ1n) is 12.7. The maximum Gasteiger partial charge on any atom is 0.236 e. The Bertz CT molecular complexity index is 972. The zero-order chi connectivity index (χ0) is 24.7. The third-order valence-electron chi connectivity index (χ3n) is 5.83. The number of nitrogens with zero attached hydrogens (tertiary/aromatic N) is 3. The molecule has 1 amide bonds. The zero-order valence-corrected chi connectivity index (χ0v) is 21.8. The van der Waals surface area contributed by atoms with Gasteiger partial charge in [-0.1, -0.05) is 80.9 Å². The van der Waals surface area contributed by atoms with Gasteiger partial charge in [0.05, 0.1) is 11.7 Å². The van der Waals surface area contributed by atoms with Gasteiger partial charge in [-0.15, -0.1) is 0 Å². The van der Waals surface area contributed by atoms with E-state index in [1.165, 1.54) is 11.8 Å². The average Bonchev–Trinajstić information content (AvgIpc) is 2.92. The molecule has 6 heteroatoms. The number of amides is 1. The van der Waals surface area contributed by atoms with Crippen LogP contribution in [0.25, 0.3) is 0 Å². The zero-order valence-electron chi connectivity index (χ0n) is 21.0. The minimum absolute atomic E-state index is 0.0375. The van der Waals surface area contributed by atoms with E-state index in [-0.39, 0.29) is 11.2 Å². The van der Waals surface area contributed by atoms with Gasteiger partial charge in [0.1, 0.15) is 5.25 Å².